The average molecular weight is 429 g/mol. The van der Waals surface area contributed by atoms with Gasteiger partial charge in [0.1, 0.15) is 5.69 Å². The molecule has 7 nitrogen and oxygen atoms in total. The minimum atomic E-state index is -0.181. The Morgan fingerprint density at radius 1 is 1.10 bits per heavy atom. The Morgan fingerprint density at radius 2 is 1.93 bits per heavy atom. The number of carbonyl (C=O) groups is 2. The topological polar surface area (TPSA) is 75.6 Å². The van der Waals surface area contributed by atoms with Crippen molar-refractivity contribution in [2.75, 3.05) is 37.7 Å². The highest BCUT2D eigenvalue weighted by atomic mass is 32.1. The first-order valence-corrected chi connectivity index (χ1v) is 11.6. The van der Waals surface area contributed by atoms with Crippen LogP contribution in [0.25, 0.3) is 10.6 Å². The zero-order chi connectivity index (χ0) is 20.9. The number of amides is 1. The van der Waals surface area contributed by atoms with Gasteiger partial charge in [0.15, 0.2) is 5.82 Å². The molecule has 0 aromatic carbocycles. The van der Waals surface area contributed by atoms with Gasteiger partial charge in [-0.3, -0.25) is 9.59 Å². The summed E-state index contributed by atoms with van der Waals surface area (Å²) in [6, 6.07) is 8.07. The molecule has 2 aliphatic rings. The quantitative estimate of drug-likeness (QED) is 0.681. The fourth-order valence-electron chi connectivity index (χ4n) is 4.29. The van der Waals surface area contributed by atoms with Crippen molar-refractivity contribution in [1.82, 2.24) is 15.1 Å². The molecule has 160 valence electrons. The minimum Gasteiger partial charge on any atom is -0.466 e. The molecule has 30 heavy (non-hydrogen) atoms. The third-order valence-corrected chi connectivity index (χ3v) is 6.84. The van der Waals surface area contributed by atoms with Gasteiger partial charge in [-0.1, -0.05) is 6.07 Å². The Balaban J connectivity index is 1.30. The SMILES string of the molecule is CCOC(=O)[C@H]1CCCN(C(=O)C2CCN(c3ccc(-c4cccs4)nn3)CC2)C1. The van der Waals surface area contributed by atoms with Gasteiger partial charge in [-0.2, -0.15) is 0 Å². The number of rotatable bonds is 5. The standard InChI is InChI=1S/C22H28N4O3S/c1-2-29-22(28)17-5-3-11-26(15-17)21(27)16-9-12-25(13-10-16)20-8-7-18(23-24-20)19-6-4-14-30-19/h4,6-8,14,16-17H,2-3,5,9-13,15H2,1H3/t17-/m0/s1. The second-order valence-corrected chi connectivity index (χ2v) is 8.84. The molecule has 0 saturated carbocycles. The number of ether oxygens (including phenoxy) is 1. The normalized spacial score (nSPS) is 20.2. The number of nitrogens with zero attached hydrogens (tertiary/aromatic N) is 4. The molecule has 2 fully saturated rings. The van der Waals surface area contributed by atoms with E-state index in [1.165, 1.54) is 0 Å². The second kappa shape index (κ2) is 9.55. The molecule has 1 atom stereocenters. The van der Waals surface area contributed by atoms with Gasteiger partial charge < -0.3 is 14.5 Å². The average Bonchev–Trinajstić information content (AvgIpc) is 3.34. The zero-order valence-corrected chi connectivity index (χ0v) is 18.1. The van der Waals surface area contributed by atoms with Gasteiger partial charge in [-0.15, -0.1) is 21.5 Å². The van der Waals surface area contributed by atoms with Gasteiger partial charge in [0.25, 0.3) is 0 Å². The lowest BCUT2D eigenvalue weighted by atomic mass is 9.92. The van der Waals surface area contributed by atoms with Crippen molar-refractivity contribution in [2.45, 2.75) is 32.6 Å². The van der Waals surface area contributed by atoms with Gasteiger partial charge in [-0.05, 0) is 56.2 Å². The Bertz CT molecular complexity index is 848. The van der Waals surface area contributed by atoms with Crippen LogP contribution in [-0.4, -0.2) is 59.8 Å². The minimum absolute atomic E-state index is 0.0144. The molecule has 2 aromatic heterocycles. The highest BCUT2D eigenvalue weighted by Gasteiger charge is 2.34. The first-order valence-electron chi connectivity index (χ1n) is 10.7. The highest BCUT2D eigenvalue weighted by molar-refractivity contribution is 7.13. The predicted octanol–water partition coefficient (Wildman–Crippen LogP) is 3.22. The van der Waals surface area contributed by atoms with E-state index in [2.05, 4.69) is 15.1 Å². The van der Waals surface area contributed by atoms with E-state index >= 15 is 0 Å². The third-order valence-electron chi connectivity index (χ3n) is 5.95. The molecule has 0 spiro atoms. The lowest BCUT2D eigenvalue weighted by Gasteiger charge is -2.37. The van der Waals surface area contributed by atoms with Crippen molar-refractivity contribution < 1.29 is 14.3 Å². The first-order chi connectivity index (χ1) is 14.7. The molecule has 4 heterocycles. The highest BCUT2D eigenvalue weighted by Crippen LogP contribution is 2.27. The van der Waals surface area contributed by atoms with Crippen LogP contribution < -0.4 is 4.90 Å². The summed E-state index contributed by atoms with van der Waals surface area (Å²) in [6.45, 7) is 5.02. The first kappa shape index (κ1) is 20.8. The molecular formula is C22H28N4O3S. The predicted molar refractivity (Wildman–Crippen MR) is 116 cm³/mol. The van der Waals surface area contributed by atoms with E-state index in [0.717, 1.165) is 61.7 Å². The summed E-state index contributed by atoms with van der Waals surface area (Å²) in [5, 5.41) is 10.8. The summed E-state index contributed by atoms with van der Waals surface area (Å²) in [6.07, 6.45) is 3.27. The summed E-state index contributed by atoms with van der Waals surface area (Å²) in [5.41, 5.74) is 0.889. The zero-order valence-electron chi connectivity index (χ0n) is 17.3. The van der Waals surface area contributed by atoms with Gasteiger partial charge in [0.2, 0.25) is 5.91 Å². The number of hydrogen-bond acceptors (Lipinski definition) is 7. The molecule has 0 radical (unpaired) electrons. The number of carbonyl (C=O) groups excluding carboxylic acids is 2. The van der Waals surface area contributed by atoms with E-state index in [9.17, 15) is 9.59 Å². The Hall–Kier alpha value is -2.48. The van der Waals surface area contributed by atoms with Crippen LogP contribution in [0.1, 0.15) is 32.6 Å². The largest absolute Gasteiger partial charge is 0.466 e. The van der Waals surface area contributed by atoms with Crippen LogP contribution >= 0.6 is 11.3 Å². The number of anilines is 1. The number of likely N-dealkylation sites (tertiary alicyclic amines) is 1. The summed E-state index contributed by atoms with van der Waals surface area (Å²) in [7, 11) is 0. The summed E-state index contributed by atoms with van der Waals surface area (Å²) in [5.74, 6) is 0.708. The molecule has 2 aliphatic heterocycles. The molecule has 1 amide bonds. The molecule has 2 saturated heterocycles. The maximum atomic E-state index is 13.0. The van der Waals surface area contributed by atoms with E-state index in [4.69, 9.17) is 4.74 Å². The van der Waals surface area contributed by atoms with Crippen molar-refractivity contribution in [1.29, 1.82) is 0 Å². The van der Waals surface area contributed by atoms with Crippen molar-refractivity contribution in [3.05, 3.63) is 29.6 Å². The maximum absolute atomic E-state index is 13.0. The third kappa shape index (κ3) is 4.64. The van der Waals surface area contributed by atoms with E-state index in [0.29, 0.717) is 13.2 Å². The number of piperidine rings is 2. The van der Waals surface area contributed by atoms with Crippen molar-refractivity contribution in [2.24, 2.45) is 11.8 Å². The van der Waals surface area contributed by atoms with Crippen LogP contribution in [0.2, 0.25) is 0 Å². The van der Waals surface area contributed by atoms with E-state index in [1.54, 1.807) is 11.3 Å². The van der Waals surface area contributed by atoms with E-state index in [1.807, 2.05) is 41.5 Å². The van der Waals surface area contributed by atoms with E-state index in [-0.39, 0.29) is 23.7 Å². The second-order valence-electron chi connectivity index (χ2n) is 7.89. The molecule has 0 bridgehead atoms. The van der Waals surface area contributed by atoms with Gasteiger partial charge in [0, 0.05) is 32.1 Å². The Labute approximate surface area is 181 Å². The van der Waals surface area contributed by atoms with Gasteiger partial charge in [-0.25, -0.2) is 0 Å². The summed E-state index contributed by atoms with van der Waals surface area (Å²) in [4.78, 5) is 30.3. The van der Waals surface area contributed by atoms with Crippen LogP contribution in [0, 0.1) is 11.8 Å². The van der Waals surface area contributed by atoms with Crippen LogP contribution in [0.5, 0.6) is 0 Å². The number of hydrogen-bond donors (Lipinski definition) is 0. The fraction of sp³-hybridized carbons (Fsp3) is 0.545. The lowest BCUT2D eigenvalue weighted by molar-refractivity contribution is -0.152. The summed E-state index contributed by atoms with van der Waals surface area (Å²) >= 11 is 1.65. The lowest BCUT2D eigenvalue weighted by Crippen LogP contribution is -2.47. The molecule has 0 unspecified atom stereocenters. The Morgan fingerprint density at radius 3 is 2.60 bits per heavy atom. The molecule has 2 aromatic rings. The smallest absolute Gasteiger partial charge is 0.310 e. The van der Waals surface area contributed by atoms with Gasteiger partial charge >= 0.3 is 5.97 Å². The molecule has 0 N–H and O–H groups in total. The van der Waals surface area contributed by atoms with E-state index < -0.39 is 0 Å². The van der Waals surface area contributed by atoms with Crippen molar-refractivity contribution in [3.63, 3.8) is 0 Å². The van der Waals surface area contributed by atoms with Crippen LogP contribution in [0.15, 0.2) is 29.6 Å². The maximum Gasteiger partial charge on any atom is 0.310 e. The van der Waals surface area contributed by atoms with Crippen LogP contribution in [0.4, 0.5) is 5.82 Å². The Kier molecular flexibility index (Phi) is 6.62. The monoisotopic (exact) mass is 428 g/mol. The van der Waals surface area contributed by atoms with Crippen molar-refractivity contribution in [3.8, 4) is 10.6 Å². The number of thiophene rings is 1. The summed E-state index contributed by atoms with van der Waals surface area (Å²) < 4.78 is 5.15. The molecule has 8 heteroatoms. The van der Waals surface area contributed by atoms with Gasteiger partial charge in [0.05, 0.1) is 17.4 Å². The fourth-order valence-corrected chi connectivity index (χ4v) is 4.98. The molecular weight excluding hydrogens is 400 g/mol. The number of aromatic nitrogens is 2. The molecule has 0 aliphatic carbocycles. The molecule has 4 rings (SSSR count). The van der Waals surface area contributed by atoms with Crippen LogP contribution in [0.3, 0.4) is 0 Å². The number of esters is 1. The van der Waals surface area contributed by atoms with Crippen molar-refractivity contribution >= 4 is 29.0 Å². The van der Waals surface area contributed by atoms with Crippen LogP contribution in [-0.2, 0) is 14.3 Å².